The molecule has 0 aliphatic rings. The molecule has 0 radical (unpaired) electrons. The molecule has 4 rings (SSSR count). The fourth-order valence-electron chi connectivity index (χ4n) is 2.89. The molecule has 0 saturated heterocycles. The first-order valence-corrected chi connectivity index (χ1v) is 9.69. The lowest BCUT2D eigenvalue weighted by Gasteiger charge is -2.09. The number of aryl methyl sites for hydroxylation is 1. The lowest BCUT2D eigenvalue weighted by molar-refractivity contribution is 0.102. The van der Waals surface area contributed by atoms with Gasteiger partial charge in [-0.2, -0.15) is 5.10 Å². The number of carbonyl (C=O) groups excluding carboxylic acids is 1. The summed E-state index contributed by atoms with van der Waals surface area (Å²) in [6.45, 7) is 2.04. The molecule has 4 nitrogen and oxygen atoms in total. The Bertz CT molecular complexity index is 1100. The highest BCUT2D eigenvalue weighted by atomic mass is 79.9. The molecule has 28 heavy (non-hydrogen) atoms. The Kier molecular flexibility index (Phi) is 5.08. The van der Waals surface area contributed by atoms with Gasteiger partial charge in [0, 0.05) is 21.7 Å². The second kappa shape index (κ2) is 7.82. The van der Waals surface area contributed by atoms with Crippen LogP contribution in [0, 0.1) is 6.92 Å². The van der Waals surface area contributed by atoms with Gasteiger partial charge >= 0.3 is 0 Å². The molecule has 1 aromatic heterocycles. The first kappa shape index (κ1) is 18.2. The van der Waals surface area contributed by atoms with Crippen molar-refractivity contribution in [3.05, 3.63) is 101 Å². The Labute approximate surface area is 172 Å². The van der Waals surface area contributed by atoms with Crippen molar-refractivity contribution in [2.45, 2.75) is 6.92 Å². The van der Waals surface area contributed by atoms with E-state index in [1.54, 1.807) is 16.8 Å². The summed E-state index contributed by atoms with van der Waals surface area (Å²) in [4.78, 5) is 12.7. The maximum atomic E-state index is 12.7. The molecule has 4 aromatic rings. The van der Waals surface area contributed by atoms with Crippen molar-refractivity contribution in [3.63, 3.8) is 0 Å². The Balaban J connectivity index is 1.73. The normalized spacial score (nSPS) is 10.6. The first-order chi connectivity index (χ1) is 13.6. The lowest BCUT2D eigenvalue weighted by Crippen LogP contribution is -2.15. The number of carbonyl (C=O) groups is 1. The molecule has 0 bridgehead atoms. The fraction of sp³-hybridized carbons (Fsp3) is 0.0435. The summed E-state index contributed by atoms with van der Waals surface area (Å²) >= 11 is 3.39. The van der Waals surface area contributed by atoms with Gasteiger partial charge < -0.3 is 5.32 Å². The Hall–Kier alpha value is -3.18. The number of hydrogen-bond acceptors (Lipinski definition) is 2. The zero-order valence-electron chi connectivity index (χ0n) is 15.3. The van der Waals surface area contributed by atoms with E-state index in [0.29, 0.717) is 11.4 Å². The van der Waals surface area contributed by atoms with Crippen LogP contribution in [0.25, 0.3) is 16.9 Å². The molecule has 1 heterocycles. The summed E-state index contributed by atoms with van der Waals surface area (Å²) in [5.74, 6) is 0.441. The number of anilines is 1. The van der Waals surface area contributed by atoms with Gasteiger partial charge in [-0.25, -0.2) is 4.68 Å². The number of hydrogen-bond donors (Lipinski definition) is 1. The number of nitrogens with zero attached hydrogens (tertiary/aromatic N) is 2. The van der Waals surface area contributed by atoms with Crippen molar-refractivity contribution in [3.8, 4) is 16.9 Å². The Morgan fingerprint density at radius 2 is 1.61 bits per heavy atom. The zero-order valence-corrected chi connectivity index (χ0v) is 16.8. The smallest absolute Gasteiger partial charge is 0.256 e. The SMILES string of the molecule is Cc1ccc(-n2nc(-c3ccccc3)cc2NC(=O)c2ccc(Br)cc2)cc1. The van der Waals surface area contributed by atoms with Gasteiger partial charge in [-0.05, 0) is 43.3 Å². The monoisotopic (exact) mass is 431 g/mol. The summed E-state index contributed by atoms with van der Waals surface area (Å²) in [5.41, 5.74) is 4.43. The van der Waals surface area contributed by atoms with Crippen LogP contribution in [0.15, 0.2) is 89.4 Å². The Morgan fingerprint density at radius 1 is 0.929 bits per heavy atom. The molecule has 0 aliphatic heterocycles. The second-order valence-electron chi connectivity index (χ2n) is 6.49. The van der Waals surface area contributed by atoms with Crippen molar-refractivity contribution >= 4 is 27.7 Å². The van der Waals surface area contributed by atoms with Crippen molar-refractivity contribution in [1.29, 1.82) is 0 Å². The van der Waals surface area contributed by atoms with Crippen LogP contribution in [0.2, 0.25) is 0 Å². The number of nitrogens with one attached hydrogen (secondary N) is 1. The first-order valence-electron chi connectivity index (χ1n) is 8.89. The summed E-state index contributed by atoms with van der Waals surface area (Å²) in [5, 5.41) is 7.73. The molecule has 1 amide bonds. The van der Waals surface area contributed by atoms with Crippen molar-refractivity contribution in [2.24, 2.45) is 0 Å². The highest BCUT2D eigenvalue weighted by Crippen LogP contribution is 2.25. The van der Waals surface area contributed by atoms with Gasteiger partial charge in [0.1, 0.15) is 5.82 Å². The summed E-state index contributed by atoms with van der Waals surface area (Å²) in [6.07, 6.45) is 0. The average molecular weight is 432 g/mol. The van der Waals surface area contributed by atoms with E-state index >= 15 is 0 Å². The van der Waals surface area contributed by atoms with Crippen LogP contribution in [-0.2, 0) is 0 Å². The zero-order chi connectivity index (χ0) is 19.5. The molecule has 0 atom stereocenters. The lowest BCUT2D eigenvalue weighted by atomic mass is 10.1. The van der Waals surface area contributed by atoms with Crippen LogP contribution < -0.4 is 5.32 Å². The maximum Gasteiger partial charge on any atom is 0.256 e. The predicted octanol–water partition coefficient (Wildman–Crippen LogP) is 5.86. The quantitative estimate of drug-likeness (QED) is 0.439. The molecule has 138 valence electrons. The molecule has 3 aromatic carbocycles. The third kappa shape index (κ3) is 3.89. The van der Waals surface area contributed by atoms with Gasteiger partial charge in [-0.15, -0.1) is 0 Å². The van der Waals surface area contributed by atoms with Crippen molar-refractivity contribution < 1.29 is 4.79 Å². The molecule has 0 spiro atoms. The minimum atomic E-state index is -0.180. The van der Waals surface area contributed by atoms with E-state index in [4.69, 9.17) is 5.10 Å². The molecule has 0 unspecified atom stereocenters. The highest BCUT2D eigenvalue weighted by molar-refractivity contribution is 9.10. The van der Waals surface area contributed by atoms with E-state index in [9.17, 15) is 4.79 Å². The van der Waals surface area contributed by atoms with Crippen molar-refractivity contribution in [1.82, 2.24) is 9.78 Å². The second-order valence-corrected chi connectivity index (χ2v) is 7.40. The van der Waals surface area contributed by atoms with Gasteiger partial charge in [-0.1, -0.05) is 64.0 Å². The van der Waals surface area contributed by atoms with Gasteiger partial charge in [0.15, 0.2) is 0 Å². The number of aromatic nitrogens is 2. The third-order valence-corrected chi connectivity index (χ3v) is 4.93. The standard InChI is InChI=1S/C23H18BrN3O/c1-16-7-13-20(14-8-16)27-22(15-21(26-27)17-5-3-2-4-6-17)25-23(28)18-9-11-19(24)12-10-18/h2-15H,1H3,(H,25,28). The summed E-state index contributed by atoms with van der Waals surface area (Å²) in [7, 11) is 0. The Morgan fingerprint density at radius 3 is 2.29 bits per heavy atom. The van der Waals surface area contributed by atoms with Crippen LogP contribution >= 0.6 is 15.9 Å². The van der Waals surface area contributed by atoms with Crippen LogP contribution in [-0.4, -0.2) is 15.7 Å². The number of halogens is 1. The van der Waals surface area contributed by atoms with Crippen LogP contribution in [0.4, 0.5) is 5.82 Å². The number of benzene rings is 3. The van der Waals surface area contributed by atoms with Gasteiger partial charge in [0.25, 0.3) is 5.91 Å². The molecular weight excluding hydrogens is 414 g/mol. The summed E-state index contributed by atoms with van der Waals surface area (Å²) < 4.78 is 2.69. The number of rotatable bonds is 4. The number of amides is 1. The topological polar surface area (TPSA) is 46.9 Å². The molecule has 1 N–H and O–H groups in total. The predicted molar refractivity (Wildman–Crippen MR) is 116 cm³/mol. The van der Waals surface area contributed by atoms with E-state index in [0.717, 1.165) is 21.4 Å². The minimum absolute atomic E-state index is 0.180. The van der Waals surface area contributed by atoms with Gasteiger partial charge in [0.05, 0.1) is 11.4 Å². The highest BCUT2D eigenvalue weighted by Gasteiger charge is 2.15. The average Bonchev–Trinajstić information content (AvgIpc) is 3.13. The molecule has 0 aliphatic carbocycles. The van der Waals surface area contributed by atoms with E-state index in [-0.39, 0.29) is 5.91 Å². The van der Waals surface area contributed by atoms with E-state index in [1.807, 2.05) is 79.7 Å². The largest absolute Gasteiger partial charge is 0.306 e. The third-order valence-electron chi connectivity index (χ3n) is 4.41. The van der Waals surface area contributed by atoms with Crippen LogP contribution in [0.5, 0.6) is 0 Å². The molecule has 0 fully saturated rings. The molecular formula is C23H18BrN3O. The van der Waals surface area contributed by atoms with Gasteiger partial charge in [0.2, 0.25) is 0 Å². The molecule has 5 heteroatoms. The maximum absolute atomic E-state index is 12.7. The van der Waals surface area contributed by atoms with E-state index < -0.39 is 0 Å². The minimum Gasteiger partial charge on any atom is -0.306 e. The summed E-state index contributed by atoms with van der Waals surface area (Å²) in [6, 6.07) is 27.1. The van der Waals surface area contributed by atoms with Crippen LogP contribution in [0.3, 0.4) is 0 Å². The fourth-order valence-corrected chi connectivity index (χ4v) is 3.16. The van der Waals surface area contributed by atoms with E-state index in [2.05, 4.69) is 21.2 Å². The van der Waals surface area contributed by atoms with Crippen molar-refractivity contribution in [2.75, 3.05) is 5.32 Å². The van der Waals surface area contributed by atoms with Crippen LogP contribution in [0.1, 0.15) is 15.9 Å². The molecule has 0 saturated carbocycles. The van der Waals surface area contributed by atoms with Gasteiger partial charge in [-0.3, -0.25) is 4.79 Å². The van der Waals surface area contributed by atoms with E-state index in [1.165, 1.54) is 5.56 Å².